The van der Waals surface area contributed by atoms with Crippen molar-refractivity contribution >= 4 is 29.1 Å². The quantitative estimate of drug-likeness (QED) is 0.600. The zero-order valence-electron chi connectivity index (χ0n) is 16.8. The number of nitrogens with zero attached hydrogens (tertiary/aromatic N) is 1. The lowest BCUT2D eigenvalue weighted by atomic mass is 10.2. The maximum absolute atomic E-state index is 12.4. The normalized spacial score (nSPS) is 10.5. The van der Waals surface area contributed by atoms with Gasteiger partial charge in [0.2, 0.25) is 5.91 Å². The SMILES string of the molecule is CCN(CC(=O)NCc1cccs1)C(=O)COc1ccc(C(=O)OC(C)C)cc1. The van der Waals surface area contributed by atoms with Gasteiger partial charge in [-0.25, -0.2) is 4.79 Å². The maximum atomic E-state index is 12.4. The van der Waals surface area contributed by atoms with Gasteiger partial charge < -0.3 is 19.7 Å². The van der Waals surface area contributed by atoms with E-state index in [9.17, 15) is 14.4 Å². The Kier molecular flexibility index (Phi) is 8.67. The first-order valence-corrected chi connectivity index (χ1v) is 10.3. The molecule has 0 radical (unpaired) electrons. The van der Waals surface area contributed by atoms with Crippen LogP contribution in [-0.4, -0.2) is 48.5 Å². The zero-order valence-corrected chi connectivity index (χ0v) is 17.7. The summed E-state index contributed by atoms with van der Waals surface area (Å²) in [5.74, 6) is -0.463. The molecule has 7 nitrogen and oxygen atoms in total. The molecular formula is C21H26N2O5S. The number of hydrogen-bond donors (Lipinski definition) is 1. The number of esters is 1. The number of amides is 2. The van der Waals surface area contributed by atoms with Gasteiger partial charge in [0, 0.05) is 11.4 Å². The van der Waals surface area contributed by atoms with Crippen LogP contribution in [0.15, 0.2) is 41.8 Å². The fourth-order valence-corrected chi connectivity index (χ4v) is 3.05. The number of carbonyl (C=O) groups excluding carboxylic acids is 3. The Morgan fingerprint density at radius 2 is 1.86 bits per heavy atom. The van der Waals surface area contributed by atoms with Gasteiger partial charge in [0.1, 0.15) is 5.75 Å². The van der Waals surface area contributed by atoms with Crippen molar-refractivity contribution in [2.75, 3.05) is 19.7 Å². The molecule has 0 bridgehead atoms. The second-order valence-electron chi connectivity index (χ2n) is 6.53. The Morgan fingerprint density at radius 3 is 2.45 bits per heavy atom. The molecule has 0 aliphatic carbocycles. The highest BCUT2D eigenvalue weighted by atomic mass is 32.1. The van der Waals surface area contributed by atoms with Crippen LogP contribution in [0.5, 0.6) is 5.75 Å². The average Bonchev–Trinajstić information content (AvgIpc) is 3.22. The number of rotatable bonds is 10. The molecular weight excluding hydrogens is 392 g/mol. The molecule has 1 aromatic carbocycles. The number of hydrogen-bond acceptors (Lipinski definition) is 6. The molecule has 0 aliphatic rings. The van der Waals surface area contributed by atoms with E-state index in [1.807, 2.05) is 17.5 Å². The molecule has 1 N–H and O–H groups in total. The lowest BCUT2D eigenvalue weighted by Crippen LogP contribution is -2.42. The zero-order chi connectivity index (χ0) is 21.2. The molecule has 0 saturated heterocycles. The summed E-state index contributed by atoms with van der Waals surface area (Å²) in [4.78, 5) is 38.8. The lowest BCUT2D eigenvalue weighted by Gasteiger charge is -2.20. The minimum atomic E-state index is -0.409. The van der Waals surface area contributed by atoms with Gasteiger partial charge in [-0.1, -0.05) is 6.07 Å². The van der Waals surface area contributed by atoms with Gasteiger partial charge in [-0.2, -0.15) is 0 Å². The van der Waals surface area contributed by atoms with Crippen LogP contribution in [0.25, 0.3) is 0 Å². The van der Waals surface area contributed by atoms with Crippen molar-refractivity contribution in [3.63, 3.8) is 0 Å². The third-order valence-electron chi connectivity index (χ3n) is 3.90. The second-order valence-corrected chi connectivity index (χ2v) is 7.56. The van der Waals surface area contributed by atoms with E-state index in [4.69, 9.17) is 9.47 Å². The summed E-state index contributed by atoms with van der Waals surface area (Å²) < 4.78 is 10.6. The van der Waals surface area contributed by atoms with Gasteiger partial charge in [0.15, 0.2) is 6.61 Å². The summed E-state index contributed by atoms with van der Waals surface area (Å²) in [5.41, 5.74) is 0.412. The fourth-order valence-electron chi connectivity index (χ4n) is 2.41. The third-order valence-corrected chi connectivity index (χ3v) is 4.78. The molecule has 8 heteroatoms. The minimum absolute atomic E-state index is 0.0238. The molecule has 2 rings (SSSR count). The van der Waals surface area contributed by atoms with E-state index in [1.165, 1.54) is 4.90 Å². The summed E-state index contributed by atoms with van der Waals surface area (Å²) in [5, 5.41) is 4.75. The predicted molar refractivity (Wildman–Crippen MR) is 111 cm³/mol. The van der Waals surface area contributed by atoms with Crippen LogP contribution in [-0.2, 0) is 20.9 Å². The molecule has 0 fully saturated rings. The van der Waals surface area contributed by atoms with E-state index < -0.39 is 5.97 Å². The van der Waals surface area contributed by atoms with E-state index in [0.717, 1.165) is 4.88 Å². The number of carbonyl (C=O) groups is 3. The van der Waals surface area contributed by atoms with Crippen molar-refractivity contribution in [1.29, 1.82) is 0 Å². The highest BCUT2D eigenvalue weighted by Gasteiger charge is 2.16. The highest BCUT2D eigenvalue weighted by Crippen LogP contribution is 2.14. The molecule has 0 atom stereocenters. The molecule has 0 saturated carbocycles. The van der Waals surface area contributed by atoms with E-state index in [0.29, 0.717) is 24.4 Å². The van der Waals surface area contributed by atoms with Crippen LogP contribution < -0.4 is 10.1 Å². The Bertz CT molecular complexity index is 803. The lowest BCUT2D eigenvalue weighted by molar-refractivity contribution is -0.137. The number of ether oxygens (including phenoxy) is 2. The van der Waals surface area contributed by atoms with Crippen LogP contribution in [0.2, 0.25) is 0 Å². The fraction of sp³-hybridized carbons (Fsp3) is 0.381. The largest absolute Gasteiger partial charge is 0.484 e. The van der Waals surface area contributed by atoms with Crippen LogP contribution >= 0.6 is 11.3 Å². The Balaban J connectivity index is 1.79. The maximum Gasteiger partial charge on any atom is 0.338 e. The average molecular weight is 419 g/mol. The van der Waals surface area contributed by atoms with E-state index in [-0.39, 0.29) is 31.1 Å². The number of thiophene rings is 1. The Labute approximate surface area is 174 Å². The number of nitrogens with one attached hydrogen (secondary N) is 1. The summed E-state index contributed by atoms with van der Waals surface area (Å²) in [6, 6.07) is 10.2. The topological polar surface area (TPSA) is 84.9 Å². The molecule has 156 valence electrons. The Morgan fingerprint density at radius 1 is 1.14 bits per heavy atom. The molecule has 0 aliphatic heterocycles. The van der Waals surface area contributed by atoms with Gasteiger partial charge >= 0.3 is 5.97 Å². The van der Waals surface area contributed by atoms with Crippen LogP contribution in [0, 0.1) is 0 Å². The molecule has 1 heterocycles. The summed E-state index contributed by atoms with van der Waals surface area (Å²) >= 11 is 1.56. The molecule has 29 heavy (non-hydrogen) atoms. The second kappa shape index (κ2) is 11.2. The standard InChI is InChI=1S/C21H26N2O5S/c1-4-23(13-19(24)22-12-18-6-5-11-29-18)20(25)14-27-17-9-7-16(8-10-17)21(26)28-15(2)3/h5-11,15H,4,12-14H2,1-3H3,(H,22,24). The van der Waals surface area contributed by atoms with Crippen molar-refractivity contribution < 1.29 is 23.9 Å². The molecule has 0 spiro atoms. The first-order chi connectivity index (χ1) is 13.9. The van der Waals surface area contributed by atoms with Crippen molar-refractivity contribution in [3.8, 4) is 5.75 Å². The van der Waals surface area contributed by atoms with Gasteiger partial charge in [-0.3, -0.25) is 9.59 Å². The van der Waals surface area contributed by atoms with Crippen molar-refractivity contribution in [3.05, 3.63) is 52.2 Å². The molecule has 1 aromatic heterocycles. The van der Waals surface area contributed by atoms with Gasteiger partial charge in [0.25, 0.3) is 5.91 Å². The molecule has 2 aromatic rings. The molecule has 0 unspecified atom stereocenters. The van der Waals surface area contributed by atoms with E-state index in [2.05, 4.69) is 5.32 Å². The minimum Gasteiger partial charge on any atom is -0.484 e. The van der Waals surface area contributed by atoms with Crippen LogP contribution in [0.4, 0.5) is 0 Å². The first-order valence-electron chi connectivity index (χ1n) is 9.39. The number of likely N-dealkylation sites (N-methyl/N-ethyl adjacent to an activating group) is 1. The van der Waals surface area contributed by atoms with Crippen molar-refractivity contribution in [2.24, 2.45) is 0 Å². The van der Waals surface area contributed by atoms with Crippen LogP contribution in [0.1, 0.15) is 36.0 Å². The van der Waals surface area contributed by atoms with Gasteiger partial charge in [-0.05, 0) is 56.5 Å². The summed E-state index contributed by atoms with van der Waals surface area (Å²) in [6.45, 7) is 6.00. The number of benzene rings is 1. The van der Waals surface area contributed by atoms with Gasteiger partial charge in [0.05, 0.1) is 24.8 Å². The third kappa shape index (κ3) is 7.57. The smallest absolute Gasteiger partial charge is 0.338 e. The first kappa shape index (κ1) is 22.4. The summed E-state index contributed by atoms with van der Waals surface area (Å²) in [7, 11) is 0. The molecule has 2 amide bonds. The van der Waals surface area contributed by atoms with Crippen LogP contribution in [0.3, 0.4) is 0 Å². The monoisotopic (exact) mass is 418 g/mol. The highest BCUT2D eigenvalue weighted by molar-refractivity contribution is 7.09. The predicted octanol–water partition coefficient (Wildman–Crippen LogP) is 2.86. The Hall–Kier alpha value is -2.87. The van der Waals surface area contributed by atoms with Crippen molar-refractivity contribution in [1.82, 2.24) is 10.2 Å². The van der Waals surface area contributed by atoms with E-state index in [1.54, 1.807) is 56.4 Å². The van der Waals surface area contributed by atoms with Crippen molar-refractivity contribution in [2.45, 2.75) is 33.4 Å². The summed E-state index contributed by atoms with van der Waals surface area (Å²) in [6.07, 6.45) is -0.196. The van der Waals surface area contributed by atoms with E-state index >= 15 is 0 Å². The van der Waals surface area contributed by atoms with Gasteiger partial charge in [-0.15, -0.1) is 11.3 Å².